The van der Waals surface area contributed by atoms with Gasteiger partial charge in [-0.3, -0.25) is 0 Å². The number of hydrogen-bond donors (Lipinski definition) is 0. The second-order valence-corrected chi connectivity index (χ2v) is 4.01. The Kier molecular flexibility index (Phi) is 2.61. The van der Waals surface area contributed by atoms with Crippen molar-refractivity contribution < 1.29 is 0 Å². The predicted molar refractivity (Wildman–Crippen MR) is 53.6 cm³/mol. The van der Waals surface area contributed by atoms with E-state index in [1.54, 1.807) is 0 Å². The zero-order valence-electron chi connectivity index (χ0n) is 8.76. The zero-order valence-corrected chi connectivity index (χ0v) is 8.76. The van der Waals surface area contributed by atoms with Gasteiger partial charge in [-0.1, -0.05) is 13.8 Å². The Morgan fingerprint density at radius 2 is 1.75 bits per heavy atom. The normalized spacial score (nSPS) is 11.6. The molecule has 68 valence electrons. The Morgan fingerprint density at radius 1 is 1.17 bits per heavy atom. The average Bonchev–Trinajstić information content (AvgIpc) is 2.30. The largest absolute Gasteiger partial charge is 0.349 e. The van der Waals surface area contributed by atoms with Crippen molar-refractivity contribution in [2.24, 2.45) is 0 Å². The van der Waals surface area contributed by atoms with Crippen molar-refractivity contribution in [1.82, 2.24) is 4.57 Å². The Hall–Kier alpha value is -0.720. The van der Waals surface area contributed by atoms with Gasteiger partial charge in [-0.15, -0.1) is 0 Å². The van der Waals surface area contributed by atoms with Crippen molar-refractivity contribution in [3.63, 3.8) is 0 Å². The quantitative estimate of drug-likeness (QED) is 0.632. The van der Waals surface area contributed by atoms with Crippen molar-refractivity contribution in [3.8, 4) is 0 Å². The second-order valence-electron chi connectivity index (χ2n) is 4.01. The number of aromatic nitrogens is 1. The minimum atomic E-state index is 0.581. The van der Waals surface area contributed by atoms with Crippen LogP contribution in [-0.2, 0) is 0 Å². The van der Waals surface area contributed by atoms with Gasteiger partial charge in [0.15, 0.2) is 0 Å². The number of nitrogens with zero attached hydrogens (tertiary/aromatic N) is 1. The van der Waals surface area contributed by atoms with Crippen molar-refractivity contribution in [1.29, 1.82) is 0 Å². The summed E-state index contributed by atoms with van der Waals surface area (Å²) in [6.07, 6.45) is 2.19. The summed E-state index contributed by atoms with van der Waals surface area (Å²) in [4.78, 5) is 0. The van der Waals surface area contributed by atoms with Gasteiger partial charge in [-0.25, -0.2) is 0 Å². The smallest absolute Gasteiger partial charge is 0.0276 e. The molecule has 0 aliphatic rings. The molecule has 1 aromatic rings. The highest BCUT2D eigenvalue weighted by Crippen LogP contribution is 2.22. The van der Waals surface area contributed by atoms with Crippen LogP contribution in [-0.4, -0.2) is 4.57 Å². The maximum Gasteiger partial charge on any atom is 0.0276 e. The summed E-state index contributed by atoms with van der Waals surface area (Å²) in [5.74, 6) is 0.644. The highest BCUT2D eigenvalue weighted by atomic mass is 15.0. The fourth-order valence-corrected chi connectivity index (χ4v) is 1.71. The molecule has 0 unspecified atom stereocenters. The molecule has 12 heavy (non-hydrogen) atoms. The first-order chi connectivity index (χ1) is 5.54. The molecular formula is C11H19N. The minimum absolute atomic E-state index is 0.581. The van der Waals surface area contributed by atoms with Gasteiger partial charge in [0.05, 0.1) is 0 Å². The lowest BCUT2D eigenvalue weighted by Crippen LogP contribution is -2.02. The highest BCUT2D eigenvalue weighted by Gasteiger charge is 2.08. The SMILES string of the molecule is Cc1c(C(C)C)ccn1C(C)C. The van der Waals surface area contributed by atoms with Crippen LogP contribution in [0.3, 0.4) is 0 Å². The third-order valence-corrected chi connectivity index (χ3v) is 2.40. The van der Waals surface area contributed by atoms with Crippen LogP contribution in [0.2, 0.25) is 0 Å². The topological polar surface area (TPSA) is 4.93 Å². The van der Waals surface area contributed by atoms with Crippen LogP contribution in [0.4, 0.5) is 0 Å². The maximum atomic E-state index is 2.33. The third kappa shape index (κ3) is 1.55. The van der Waals surface area contributed by atoms with Gasteiger partial charge in [-0.2, -0.15) is 0 Å². The van der Waals surface area contributed by atoms with E-state index in [0.29, 0.717) is 12.0 Å². The Balaban J connectivity index is 3.04. The van der Waals surface area contributed by atoms with Crippen LogP contribution in [0.5, 0.6) is 0 Å². The van der Waals surface area contributed by atoms with E-state index in [4.69, 9.17) is 0 Å². The summed E-state index contributed by atoms with van der Waals surface area (Å²) in [5, 5.41) is 0. The Labute approximate surface area is 75.4 Å². The maximum absolute atomic E-state index is 2.33. The Bertz CT molecular complexity index is 230. The van der Waals surface area contributed by atoms with Crippen molar-refractivity contribution in [3.05, 3.63) is 23.5 Å². The van der Waals surface area contributed by atoms with Crippen molar-refractivity contribution >= 4 is 0 Å². The van der Waals surface area contributed by atoms with Crippen LogP contribution >= 0.6 is 0 Å². The summed E-state index contributed by atoms with van der Waals surface area (Å²) in [5.41, 5.74) is 2.89. The lowest BCUT2D eigenvalue weighted by atomic mass is 10.0. The third-order valence-electron chi connectivity index (χ3n) is 2.40. The summed E-state index contributed by atoms with van der Waals surface area (Å²) in [6.45, 7) is 11.1. The first-order valence-corrected chi connectivity index (χ1v) is 4.71. The summed E-state index contributed by atoms with van der Waals surface area (Å²) in [7, 11) is 0. The summed E-state index contributed by atoms with van der Waals surface area (Å²) < 4.78 is 2.33. The molecule has 1 nitrogen and oxygen atoms in total. The summed E-state index contributed by atoms with van der Waals surface area (Å²) in [6, 6.07) is 2.82. The fraction of sp³-hybridized carbons (Fsp3) is 0.636. The van der Waals surface area contributed by atoms with Crippen LogP contribution in [0.25, 0.3) is 0 Å². The van der Waals surface area contributed by atoms with E-state index in [-0.39, 0.29) is 0 Å². The van der Waals surface area contributed by atoms with E-state index in [2.05, 4.69) is 51.4 Å². The average molecular weight is 165 g/mol. The van der Waals surface area contributed by atoms with Crippen LogP contribution in [0.1, 0.15) is 50.9 Å². The first-order valence-electron chi connectivity index (χ1n) is 4.71. The molecule has 0 atom stereocenters. The number of hydrogen-bond acceptors (Lipinski definition) is 0. The molecule has 0 N–H and O–H groups in total. The molecule has 0 aliphatic carbocycles. The predicted octanol–water partition coefficient (Wildman–Crippen LogP) is 3.50. The van der Waals surface area contributed by atoms with Gasteiger partial charge < -0.3 is 4.57 Å². The minimum Gasteiger partial charge on any atom is -0.349 e. The van der Waals surface area contributed by atoms with E-state index in [9.17, 15) is 0 Å². The van der Waals surface area contributed by atoms with Gasteiger partial charge in [-0.05, 0) is 38.3 Å². The van der Waals surface area contributed by atoms with Gasteiger partial charge >= 0.3 is 0 Å². The monoisotopic (exact) mass is 165 g/mol. The van der Waals surface area contributed by atoms with Gasteiger partial charge in [0.2, 0.25) is 0 Å². The zero-order chi connectivity index (χ0) is 9.30. The molecular weight excluding hydrogens is 146 g/mol. The Morgan fingerprint density at radius 3 is 2.00 bits per heavy atom. The number of rotatable bonds is 2. The van der Waals surface area contributed by atoms with Crippen LogP contribution in [0, 0.1) is 6.92 Å². The van der Waals surface area contributed by atoms with Crippen molar-refractivity contribution in [2.75, 3.05) is 0 Å². The van der Waals surface area contributed by atoms with Crippen LogP contribution < -0.4 is 0 Å². The van der Waals surface area contributed by atoms with E-state index < -0.39 is 0 Å². The molecule has 0 saturated heterocycles. The molecule has 1 rings (SSSR count). The molecule has 1 heterocycles. The molecule has 0 bridgehead atoms. The molecule has 0 amide bonds. The molecule has 0 fully saturated rings. The molecule has 1 aromatic heterocycles. The molecule has 0 radical (unpaired) electrons. The highest BCUT2D eigenvalue weighted by molar-refractivity contribution is 5.24. The van der Waals surface area contributed by atoms with Crippen molar-refractivity contribution in [2.45, 2.75) is 46.6 Å². The molecule has 0 aromatic carbocycles. The van der Waals surface area contributed by atoms with Gasteiger partial charge in [0.1, 0.15) is 0 Å². The van der Waals surface area contributed by atoms with E-state index in [1.165, 1.54) is 11.3 Å². The lowest BCUT2D eigenvalue weighted by Gasteiger charge is -2.12. The fourth-order valence-electron chi connectivity index (χ4n) is 1.71. The lowest BCUT2D eigenvalue weighted by molar-refractivity contribution is 0.585. The van der Waals surface area contributed by atoms with Gasteiger partial charge in [0.25, 0.3) is 0 Å². The van der Waals surface area contributed by atoms with Crippen LogP contribution in [0.15, 0.2) is 12.3 Å². The summed E-state index contributed by atoms with van der Waals surface area (Å²) >= 11 is 0. The molecule has 1 heteroatoms. The molecule has 0 saturated carbocycles. The van der Waals surface area contributed by atoms with E-state index in [1.807, 2.05) is 0 Å². The first kappa shape index (κ1) is 9.37. The van der Waals surface area contributed by atoms with E-state index >= 15 is 0 Å². The molecule has 0 spiro atoms. The standard InChI is InChI=1S/C11H19N/c1-8(2)11-6-7-12(9(3)4)10(11)5/h6-9H,1-5H3. The van der Waals surface area contributed by atoms with Gasteiger partial charge in [0, 0.05) is 17.9 Å². The second kappa shape index (κ2) is 3.34. The molecule has 0 aliphatic heterocycles. The van der Waals surface area contributed by atoms with E-state index in [0.717, 1.165) is 0 Å².